The van der Waals surface area contributed by atoms with Gasteiger partial charge in [-0.1, -0.05) is 30.3 Å². The Balaban J connectivity index is 1.71. The van der Waals surface area contributed by atoms with Crippen LogP contribution < -0.4 is 4.90 Å². The maximum atomic E-state index is 9.81. The lowest BCUT2D eigenvalue weighted by molar-refractivity contribution is 0.145. The maximum Gasteiger partial charge on any atom is 0.167 e. The molecule has 0 bridgehead atoms. The number of aromatic nitrogens is 5. The number of piperidine rings is 1. The Morgan fingerprint density at radius 2 is 1.88 bits per heavy atom. The number of aliphatic hydroxyl groups is 1. The van der Waals surface area contributed by atoms with Gasteiger partial charge in [0.05, 0.1) is 18.1 Å². The molecular formula is C19H20N6O. The van der Waals surface area contributed by atoms with E-state index in [1.807, 2.05) is 40.4 Å². The summed E-state index contributed by atoms with van der Waals surface area (Å²) < 4.78 is 3.85. The van der Waals surface area contributed by atoms with Crippen LogP contribution in [0.25, 0.3) is 28.1 Å². The predicted octanol–water partition coefficient (Wildman–Crippen LogP) is 2.24. The lowest BCUT2D eigenvalue weighted by Crippen LogP contribution is -2.36. The van der Waals surface area contributed by atoms with Gasteiger partial charge in [0.15, 0.2) is 22.6 Å². The van der Waals surface area contributed by atoms with Gasteiger partial charge in [-0.2, -0.15) is 9.61 Å². The number of rotatable bonds is 2. The van der Waals surface area contributed by atoms with E-state index in [0.717, 1.165) is 59.8 Å². The molecule has 1 fully saturated rings. The summed E-state index contributed by atoms with van der Waals surface area (Å²) in [4.78, 5) is 11.7. The first-order valence-corrected chi connectivity index (χ1v) is 8.90. The van der Waals surface area contributed by atoms with Crippen LogP contribution in [0.15, 0.2) is 42.7 Å². The second kappa shape index (κ2) is 5.81. The number of benzene rings is 1. The number of aliphatic hydroxyl groups excluding tert-OH is 1. The third-order valence-electron chi connectivity index (χ3n) is 5.06. The largest absolute Gasteiger partial charge is 0.393 e. The van der Waals surface area contributed by atoms with Gasteiger partial charge < -0.3 is 14.6 Å². The van der Waals surface area contributed by atoms with Crippen LogP contribution >= 0.6 is 0 Å². The van der Waals surface area contributed by atoms with Gasteiger partial charge in [0.25, 0.3) is 0 Å². The summed E-state index contributed by atoms with van der Waals surface area (Å²) >= 11 is 0. The minimum atomic E-state index is -0.214. The molecule has 26 heavy (non-hydrogen) atoms. The summed E-state index contributed by atoms with van der Waals surface area (Å²) in [6.07, 6.45) is 3.11. The molecule has 0 radical (unpaired) electrons. The molecule has 0 aliphatic carbocycles. The van der Waals surface area contributed by atoms with Crippen molar-refractivity contribution in [3.8, 4) is 11.3 Å². The lowest BCUT2D eigenvalue weighted by Gasteiger charge is -2.30. The highest BCUT2D eigenvalue weighted by molar-refractivity contribution is 5.87. The van der Waals surface area contributed by atoms with E-state index >= 15 is 0 Å². The zero-order chi connectivity index (χ0) is 17.7. The summed E-state index contributed by atoms with van der Waals surface area (Å²) in [5.41, 5.74) is 4.54. The minimum absolute atomic E-state index is 0.214. The zero-order valence-electron chi connectivity index (χ0n) is 14.6. The molecule has 1 N–H and O–H groups in total. The first-order valence-electron chi connectivity index (χ1n) is 8.90. The van der Waals surface area contributed by atoms with Crippen LogP contribution in [0.5, 0.6) is 0 Å². The Morgan fingerprint density at radius 3 is 2.65 bits per heavy atom. The average Bonchev–Trinajstić information content (AvgIpc) is 3.26. The Labute approximate surface area is 150 Å². The van der Waals surface area contributed by atoms with Crippen molar-refractivity contribution in [1.82, 2.24) is 24.1 Å². The molecule has 1 saturated heterocycles. The first-order chi connectivity index (χ1) is 12.7. The fourth-order valence-corrected chi connectivity index (χ4v) is 3.65. The van der Waals surface area contributed by atoms with Crippen LogP contribution in [-0.4, -0.2) is 48.4 Å². The predicted molar refractivity (Wildman–Crippen MR) is 100 cm³/mol. The van der Waals surface area contributed by atoms with Crippen LogP contribution in [0.4, 0.5) is 5.82 Å². The lowest BCUT2D eigenvalue weighted by atomic mass is 10.1. The first kappa shape index (κ1) is 15.3. The van der Waals surface area contributed by atoms with Gasteiger partial charge in [-0.25, -0.2) is 9.97 Å². The molecule has 0 saturated carbocycles. The molecule has 7 nitrogen and oxygen atoms in total. The molecule has 4 aromatic rings. The smallest absolute Gasteiger partial charge is 0.167 e. The summed E-state index contributed by atoms with van der Waals surface area (Å²) in [6.45, 7) is 1.57. The molecule has 1 aromatic carbocycles. The van der Waals surface area contributed by atoms with E-state index < -0.39 is 0 Å². The van der Waals surface area contributed by atoms with Crippen molar-refractivity contribution in [2.24, 2.45) is 7.05 Å². The van der Waals surface area contributed by atoms with Crippen molar-refractivity contribution in [1.29, 1.82) is 0 Å². The average molecular weight is 348 g/mol. The van der Waals surface area contributed by atoms with E-state index in [1.165, 1.54) is 0 Å². The fraction of sp³-hybridized carbons (Fsp3) is 0.316. The highest BCUT2D eigenvalue weighted by atomic mass is 16.3. The number of imidazole rings is 1. The highest BCUT2D eigenvalue weighted by Gasteiger charge is 2.23. The van der Waals surface area contributed by atoms with E-state index in [9.17, 15) is 5.11 Å². The topological polar surface area (TPSA) is 71.5 Å². The number of hydrogen-bond acceptors (Lipinski definition) is 5. The van der Waals surface area contributed by atoms with Crippen molar-refractivity contribution in [3.63, 3.8) is 0 Å². The molecule has 0 amide bonds. The fourth-order valence-electron chi connectivity index (χ4n) is 3.65. The molecule has 0 unspecified atom stereocenters. The number of aryl methyl sites for hydroxylation is 1. The van der Waals surface area contributed by atoms with Gasteiger partial charge in [0.2, 0.25) is 0 Å². The van der Waals surface area contributed by atoms with E-state index in [1.54, 1.807) is 6.33 Å². The van der Waals surface area contributed by atoms with E-state index in [0.29, 0.717) is 0 Å². The van der Waals surface area contributed by atoms with E-state index in [-0.39, 0.29) is 6.10 Å². The molecule has 4 heterocycles. The van der Waals surface area contributed by atoms with E-state index in [2.05, 4.69) is 22.0 Å². The SMILES string of the molecule is Cn1cnc2c(N3CCC(O)CC3)nc3cc(-c4ccccc4)nn3c21. The highest BCUT2D eigenvalue weighted by Crippen LogP contribution is 2.29. The van der Waals surface area contributed by atoms with Gasteiger partial charge in [-0.15, -0.1) is 0 Å². The normalized spacial score (nSPS) is 16.0. The zero-order valence-corrected chi connectivity index (χ0v) is 14.6. The Hall–Kier alpha value is -2.93. The minimum Gasteiger partial charge on any atom is -0.393 e. The Kier molecular flexibility index (Phi) is 3.43. The Morgan fingerprint density at radius 1 is 1.12 bits per heavy atom. The quantitative estimate of drug-likeness (QED) is 0.602. The number of hydrogen-bond donors (Lipinski definition) is 1. The van der Waals surface area contributed by atoms with Gasteiger partial charge in [-0.05, 0) is 12.8 Å². The second-order valence-corrected chi connectivity index (χ2v) is 6.85. The van der Waals surface area contributed by atoms with Gasteiger partial charge >= 0.3 is 0 Å². The molecule has 3 aromatic heterocycles. The summed E-state index contributed by atoms with van der Waals surface area (Å²) in [5.74, 6) is 0.875. The van der Waals surface area contributed by atoms with Crippen molar-refractivity contribution < 1.29 is 5.11 Å². The van der Waals surface area contributed by atoms with Gasteiger partial charge in [0.1, 0.15) is 0 Å². The summed E-state index contributed by atoms with van der Waals surface area (Å²) in [7, 11) is 1.97. The van der Waals surface area contributed by atoms with Crippen molar-refractivity contribution in [2.75, 3.05) is 18.0 Å². The Bertz CT molecular complexity index is 1080. The monoisotopic (exact) mass is 348 g/mol. The van der Waals surface area contributed by atoms with Crippen LogP contribution in [0.1, 0.15) is 12.8 Å². The van der Waals surface area contributed by atoms with Crippen LogP contribution in [-0.2, 0) is 7.05 Å². The molecule has 132 valence electrons. The standard InChI is InChI=1S/C19H20N6O/c1-23-12-20-17-18(24-9-7-14(26)8-10-24)21-16-11-15(22-25(16)19(17)23)13-5-3-2-4-6-13/h2-6,11-12,14,26H,7-10H2,1H3. The molecule has 1 aliphatic rings. The summed E-state index contributed by atoms with van der Waals surface area (Å²) in [5, 5.41) is 14.6. The molecule has 5 rings (SSSR count). The molecule has 0 spiro atoms. The molecule has 1 aliphatic heterocycles. The van der Waals surface area contributed by atoms with Crippen molar-refractivity contribution in [3.05, 3.63) is 42.7 Å². The van der Waals surface area contributed by atoms with Crippen molar-refractivity contribution >= 4 is 22.6 Å². The maximum absolute atomic E-state index is 9.81. The molecule has 7 heteroatoms. The number of fused-ring (bicyclic) bond motifs is 3. The second-order valence-electron chi connectivity index (χ2n) is 6.85. The van der Waals surface area contributed by atoms with Crippen LogP contribution in [0.2, 0.25) is 0 Å². The van der Waals surface area contributed by atoms with Gasteiger partial charge in [0, 0.05) is 31.8 Å². The van der Waals surface area contributed by atoms with Crippen molar-refractivity contribution in [2.45, 2.75) is 18.9 Å². The van der Waals surface area contributed by atoms with Gasteiger partial charge in [-0.3, -0.25) is 0 Å². The van der Waals surface area contributed by atoms with Crippen LogP contribution in [0.3, 0.4) is 0 Å². The number of anilines is 1. The van der Waals surface area contributed by atoms with E-state index in [4.69, 9.17) is 10.1 Å². The molecular weight excluding hydrogens is 328 g/mol. The third kappa shape index (κ3) is 2.35. The third-order valence-corrected chi connectivity index (χ3v) is 5.06. The number of nitrogens with zero attached hydrogens (tertiary/aromatic N) is 6. The van der Waals surface area contributed by atoms with Crippen LogP contribution in [0, 0.1) is 0 Å². The summed E-state index contributed by atoms with van der Waals surface area (Å²) in [6, 6.07) is 12.1. The molecule has 0 atom stereocenters.